The standard InChI is InChI=1S/C18H17FN4O4S2/c1-4-22-17(25)15-9(2)10(3)29-16(15)21-18(22)28-8-14(24)20-11-5-6-12(19)13(7-11)23(26)27/h5-7H,4,8H2,1-3H3,(H,20,24). The normalized spacial score (nSPS) is 11.0. The fourth-order valence-electron chi connectivity index (χ4n) is 2.76. The number of fused-ring (bicyclic) bond motifs is 1. The molecular formula is C18H17FN4O4S2. The summed E-state index contributed by atoms with van der Waals surface area (Å²) in [5.74, 6) is -1.49. The van der Waals surface area contributed by atoms with Crippen LogP contribution in [0.5, 0.6) is 0 Å². The molecule has 8 nitrogen and oxygen atoms in total. The molecule has 11 heteroatoms. The van der Waals surface area contributed by atoms with Crippen molar-refractivity contribution in [3.8, 4) is 0 Å². The number of nitrogens with zero attached hydrogens (tertiary/aromatic N) is 3. The molecule has 0 bridgehead atoms. The summed E-state index contributed by atoms with van der Waals surface area (Å²) in [6.45, 7) is 6.05. The number of carbonyl (C=O) groups excluding carboxylic acids is 1. The van der Waals surface area contributed by atoms with Gasteiger partial charge in [-0.15, -0.1) is 11.3 Å². The molecule has 3 rings (SSSR count). The monoisotopic (exact) mass is 436 g/mol. The van der Waals surface area contributed by atoms with Gasteiger partial charge in [-0.05, 0) is 38.5 Å². The summed E-state index contributed by atoms with van der Waals surface area (Å²) in [6.07, 6.45) is 0. The Kier molecular flexibility index (Phi) is 5.99. The topological polar surface area (TPSA) is 107 Å². The molecule has 2 aromatic heterocycles. The van der Waals surface area contributed by atoms with E-state index in [-0.39, 0.29) is 17.0 Å². The van der Waals surface area contributed by atoms with Crippen molar-refractivity contribution in [2.45, 2.75) is 32.5 Å². The number of nitrogens with one attached hydrogen (secondary N) is 1. The van der Waals surface area contributed by atoms with Crippen LogP contribution < -0.4 is 10.9 Å². The number of hydrogen-bond acceptors (Lipinski definition) is 7. The predicted octanol–water partition coefficient (Wildman–Crippen LogP) is 3.87. The molecule has 0 aliphatic carbocycles. The maximum Gasteiger partial charge on any atom is 0.306 e. The third kappa shape index (κ3) is 4.15. The van der Waals surface area contributed by atoms with Gasteiger partial charge in [0.15, 0.2) is 5.16 Å². The minimum Gasteiger partial charge on any atom is -0.325 e. The maximum atomic E-state index is 13.4. The first kappa shape index (κ1) is 20.9. The fraction of sp³-hybridized carbons (Fsp3) is 0.278. The number of carbonyl (C=O) groups is 1. The quantitative estimate of drug-likeness (QED) is 0.272. The minimum absolute atomic E-state index is 0.0630. The number of hydrogen-bond donors (Lipinski definition) is 1. The van der Waals surface area contributed by atoms with Crippen molar-refractivity contribution in [2.75, 3.05) is 11.1 Å². The van der Waals surface area contributed by atoms with Crippen molar-refractivity contribution in [1.82, 2.24) is 9.55 Å². The average Bonchev–Trinajstić information content (AvgIpc) is 2.95. The second kappa shape index (κ2) is 8.29. The van der Waals surface area contributed by atoms with Crippen LogP contribution in [0.1, 0.15) is 17.4 Å². The highest BCUT2D eigenvalue weighted by Crippen LogP contribution is 2.28. The van der Waals surface area contributed by atoms with Gasteiger partial charge in [0.05, 0.1) is 16.1 Å². The molecule has 152 valence electrons. The lowest BCUT2D eigenvalue weighted by Crippen LogP contribution is -2.23. The van der Waals surface area contributed by atoms with Gasteiger partial charge < -0.3 is 5.32 Å². The number of nitro benzene ring substituents is 1. The number of nitro groups is 1. The van der Waals surface area contributed by atoms with Crippen LogP contribution in [0, 0.1) is 29.8 Å². The highest BCUT2D eigenvalue weighted by molar-refractivity contribution is 7.99. The number of thioether (sulfide) groups is 1. The number of thiophene rings is 1. The smallest absolute Gasteiger partial charge is 0.306 e. The summed E-state index contributed by atoms with van der Waals surface area (Å²) < 4.78 is 14.9. The van der Waals surface area contributed by atoms with Gasteiger partial charge in [0.1, 0.15) is 4.83 Å². The highest BCUT2D eigenvalue weighted by atomic mass is 32.2. The lowest BCUT2D eigenvalue weighted by Gasteiger charge is -2.10. The maximum absolute atomic E-state index is 13.4. The van der Waals surface area contributed by atoms with Crippen molar-refractivity contribution in [2.24, 2.45) is 0 Å². The zero-order chi connectivity index (χ0) is 21.3. The molecule has 0 atom stereocenters. The number of anilines is 1. The van der Waals surface area contributed by atoms with Gasteiger partial charge in [-0.1, -0.05) is 11.8 Å². The Bertz CT molecular complexity index is 1190. The largest absolute Gasteiger partial charge is 0.325 e. The van der Waals surface area contributed by atoms with Crippen molar-refractivity contribution >= 4 is 50.6 Å². The first-order chi connectivity index (χ1) is 13.7. The molecule has 0 spiro atoms. The summed E-state index contributed by atoms with van der Waals surface area (Å²) in [4.78, 5) is 41.2. The molecule has 1 N–H and O–H groups in total. The van der Waals surface area contributed by atoms with Crippen LogP contribution >= 0.6 is 23.1 Å². The number of amides is 1. The molecule has 1 amide bonds. The summed E-state index contributed by atoms with van der Waals surface area (Å²) in [5.41, 5.74) is 0.170. The second-order valence-electron chi connectivity index (χ2n) is 6.17. The molecule has 0 saturated heterocycles. The predicted molar refractivity (Wildman–Crippen MR) is 111 cm³/mol. The minimum atomic E-state index is -0.978. The van der Waals surface area contributed by atoms with E-state index in [2.05, 4.69) is 10.3 Å². The first-order valence-corrected chi connectivity index (χ1v) is 10.4. The molecule has 0 saturated carbocycles. The third-order valence-corrected chi connectivity index (χ3v) is 6.41. The molecular weight excluding hydrogens is 419 g/mol. The molecule has 0 unspecified atom stereocenters. The zero-order valence-electron chi connectivity index (χ0n) is 15.8. The van der Waals surface area contributed by atoms with Gasteiger partial charge in [0, 0.05) is 23.2 Å². The first-order valence-electron chi connectivity index (χ1n) is 8.60. The van der Waals surface area contributed by atoms with Crippen LogP contribution in [0.3, 0.4) is 0 Å². The Morgan fingerprint density at radius 1 is 1.41 bits per heavy atom. The van der Waals surface area contributed by atoms with E-state index >= 15 is 0 Å². The number of aromatic nitrogens is 2. The number of rotatable bonds is 6. The van der Waals surface area contributed by atoms with Crippen LogP contribution in [0.25, 0.3) is 10.2 Å². The number of benzene rings is 1. The summed E-state index contributed by atoms with van der Waals surface area (Å²) in [5, 5.41) is 14.3. The molecule has 0 radical (unpaired) electrons. The molecule has 3 aromatic rings. The average molecular weight is 436 g/mol. The van der Waals surface area contributed by atoms with Crippen LogP contribution in [-0.4, -0.2) is 26.1 Å². The van der Waals surface area contributed by atoms with E-state index in [0.717, 1.165) is 34.3 Å². The van der Waals surface area contributed by atoms with E-state index in [0.29, 0.717) is 21.9 Å². The third-order valence-electron chi connectivity index (χ3n) is 4.33. The number of halogens is 1. The summed E-state index contributed by atoms with van der Waals surface area (Å²) >= 11 is 2.53. The molecule has 0 aliphatic heterocycles. The molecule has 0 fully saturated rings. The Morgan fingerprint density at radius 2 is 2.14 bits per heavy atom. The van der Waals surface area contributed by atoms with Gasteiger partial charge in [0.2, 0.25) is 11.7 Å². The van der Waals surface area contributed by atoms with E-state index in [9.17, 15) is 24.1 Å². The van der Waals surface area contributed by atoms with Crippen LogP contribution in [-0.2, 0) is 11.3 Å². The van der Waals surface area contributed by atoms with Crippen LogP contribution in [0.4, 0.5) is 15.8 Å². The Hall–Kier alpha value is -2.79. The van der Waals surface area contributed by atoms with Crippen molar-refractivity contribution in [3.63, 3.8) is 0 Å². The van der Waals surface area contributed by atoms with Crippen LogP contribution in [0.15, 0.2) is 28.2 Å². The molecule has 0 aliphatic rings. The van der Waals surface area contributed by atoms with Crippen LogP contribution in [0.2, 0.25) is 0 Å². The zero-order valence-corrected chi connectivity index (χ0v) is 17.4. The van der Waals surface area contributed by atoms with Gasteiger partial charge in [-0.2, -0.15) is 4.39 Å². The van der Waals surface area contributed by atoms with E-state index in [4.69, 9.17) is 0 Å². The number of aryl methyl sites for hydroxylation is 2. The van der Waals surface area contributed by atoms with Crippen molar-refractivity contribution in [1.29, 1.82) is 0 Å². The Morgan fingerprint density at radius 3 is 2.79 bits per heavy atom. The SMILES string of the molecule is CCn1c(SCC(=O)Nc2ccc(F)c([N+](=O)[O-])c2)nc2sc(C)c(C)c2c1=O. The molecule has 1 aromatic carbocycles. The van der Waals surface area contributed by atoms with E-state index < -0.39 is 22.3 Å². The van der Waals surface area contributed by atoms with E-state index in [1.807, 2.05) is 20.8 Å². The highest BCUT2D eigenvalue weighted by Gasteiger charge is 2.18. The van der Waals surface area contributed by atoms with Gasteiger partial charge >= 0.3 is 5.69 Å². The van der Waals surface area contributed by atoms with Gasteiger partial charge in [-0.3, -0.25) is 24.3 Å². The fourth-order valence-corrected chi connectivity index (χ4v) is 4.69. The van der Waals surface area contributed by atoms with E-state index in [1.54, 1.807) is 0 Å². The molecule has 2 heterocycles. The lowest BCUT2D eigenvalue weighted by atomic mass is 10.2. The Balaban J connectivity index is 1.80. The van der Waals surface area contributed by atoms with E-state index in [1.165, 1.54) is 22.0 Å². The molecule has 29 heavy (non-hydrogen) atoms. The van der Waals surface area contributed by atoms with Crippen molar-refractivity contribution < 1.29 is 14.1 Å². The summed E-state index contributed by atoms with van der Waals surface area (Å²) in [7, 11) is 0. The van der Waals surface area contributed by atoms with Gasteiger partial charge in [0.25, 0.3) is 5.56 Å². The van der Waals surface area contributed by atoms with Gasteiger partial charge in [-0.25, -0.2) is 4.98 Å². The van der Waals surface area contributed by atoms with Crippen molar-refractivity contribution in [3.05, 3.63) is 54.9 Å². The Labute approximate surface area is 172 Å². The summed E-state index contributed by atoms with van der Waals surface area (Å²) in [6, 6.07) is 3.13. The lowest BCUT2D eigenvalue weighted by molar-refractivity contribution is -0.387. The second-order valence-corrected chi connectivity index (χ2v) is 8.31.